The van der Waals surface area contributed by atoms with Crippen LogP contribution in [-0.4, -0.2) is 45.4 Å². The van der Waals surface area contributed by atoms with Crippen molar-refractivity contribution in [3.63, 3.8) is 0 Å². The van der Waals surface area contributed by atoms with Crippen LogP contribution in [0.25, 0.3) is 5.69 Å². The predicted octanol–water partition coefficient (Wildman–Crippen LogP) is 5.07. The van der Waals surface area contributed by atoms with E-state index in [1.54, 1.807) is 30.3 Å². The molecule has 0 bridgehead atoms. The van der Waals surface area contributed by atoms with Crippen LogP contribution in [0.4, 0.5) is 10.1 Å². The van der Waals surface area contributed by atoms with E-state index in [9.17, 15) is 9.18 Å². The smallest absolute Gasteiger partial charge is 0.234 e. The number of rotatable bonds is 7. The molecular formula is C20H20Cl2FN5OS. The Bertz CT molecular complexity index is 1020. The standard InChI is InChI=1S/C20H20Cl2FN5OS/c1-12(27(2)3)19-25-26-20(28(19)17-6-4-15(23)5-7-17)30-11-18(29)24-16-9-13(21)8-14(22)10-16/h4-10,12H,11H2,1-3H3,(H,24,29)/t12-/m0/s1. The zero-order valence-corrected chi connectivity index (χ0v) is 18.9. The lowest BCUT2D eigenvalue weighted by Crippen LogP contribution is -2.21. The minimum Gasteiger partial charge on any atom is -0.325 e. The highest BCUT2D eigenvalue weighted by Crippen LogP contribution is 2.27. The Morgan fingerprint density at radius 3 is 2.40 bits per heavy atom. The van der Waals surface area contributed by atoms with Crippen LogP contribution in [0.5, 0.6) is 0 Å². The first-order chi connectivity index (χ1) is 14.2. The number of benzene rings is 2. The fourth-order valence-electron chi connectivity index (χ4n) is 2.66. The fraction of sp³-hybridized carbons (Fsp3) is 0.250. The summed E-state index contributed by atoms with van der Waals surface area (Å²) in [4.78, 5) is 14.4. The van der Waals surface area contributed by atoms with Gasteiger partial charge in [-0.2, -0.15) is 0 Å². The maximum absolute atomic E-state index is 13.4. The molecule has 0 saturated heterocycles. The van der Waals surface area contributed by atoms with Gasteiger partial charge in [0.15, 0.2) is 11.0 Å². The summed E-state index contributed by atoms with van der Waals surface area (Å²) in [5.74, 6) is 0.216. The molecule has 0 aliphatic heterocycles. The molecule has 1 heterocycles. The highest BCUT2D eigenvalue weighted by Gasteiger charge is 2.21. The van der Waals surface area contributed by atoms with E-state index in [4.69, 9.17) is 23.2 Å². The molecule has 0 unspecified atom stereocenters. The van der Waals surface area contributed by atoms with Crippen molar-refractivity contribution in [3.8, 4) is 5.69 Å². The van der Waals surface area contributed by atoms with Gasteiger partial charge in [-0.3, -0.25) is 14.3 Å². The molecule has 0 aliphatic rings. The van der Waals surface area contributed by atoms with Crippen molar-refractivity contribution in [2.75, 3.05) is 25.2 Å². The molecule has 0 saturated carbocycles. The van der Waals surface area contributed by atoms with E-state index in [1.807, 2.05) is 30.5 Å². The van der Waals surface area contributed by atoms with Gasteiger partial charge in [0.1, 0.15) is 5.82 Å². The van der Waals surface area contributed by atoms with Crippen LogP contribution in [-0.2, 0) is 4.79 Å². The SMILES string of the molecule is C[C@@H](c1nnc(SCC(=O)Nc2cc(Cl)cc(Cl)c2)n1-c1ccc(F)cc1)N(C)C. The van der Waals surface area contributed by atoms with Gasteiger partial charge in [0.2, 0.25) is 5.91 Å². The molecule has 3 aromatic rings. The van der Waals surface area contributed by atoms with E-state index < -0.39 is 0 Å². The third-order valence-electron chi connectivity index (χ3n) is 4.37. The highest BCUT2D eigenvalue weighted by atomic mass is 35.5. The molecule has 30 heavy (non-hydrogen) atoms. The number of aromatic nitrogens is 3. The quantitative estimate of drug-likeness (QED) is 0.491. The van der Waals surface area contributed by atoms with Crippen molar-refractivity contribution in [3.05, 3.63) is 64.2 Å². The molecule has 2 aromatic carbocycles. The third kappa shape index (κ3) is 5.51. The molecule has 1 amide bonds. The van der Waals surface area contributed by atoms with Crippen LogP contribution in [0.15, 0.2) is 47.6 Å². The number of hydrogen-bond acceptors (Lipinski definition) is 5. The second-order valence-corrected chi connectivity index (χ2v) is 8.60. The average Bonchev–Trinajstić information content (AvgIpc) is 3.09. The van der Waals surface area contributed by atoms with E-state index in [-0.39, 0.29) is 23.5 Å². The predicted molar refractivity (Wildman–Crippen MR) is 119 cm³/mol. The zero-order valence-electron chi connectivity index (χ0n) is 16.6. The monoisotopic (exact) mass is 467 g/mol. The van der Waals surface area contributed by atoms with Crippen molar-refractivity contribution in [2.45, 2.75) is 18.1 Å². The lowest BCUT2D eigenvalue weighted by atomic mass is 10.2. The Balaban J connectivity index is 1.81. The summed E-state index contributed by atoms with van der Waals surface area (Å²) in [6.07, 6.45) is 0. The second-order valence-electron chi connectivity index (χ2n) is 6.79. The lowest BCUT2D eigenvalue weighted by Gasteiger charge is -2.20. The first kappa shape index (κ1) is 22.6. The maximum atomic E-state index is 13.4. The number of amides is 1. The van der Waals surface area contributed by atoms with Crippen molar-refractivity contribution in [1.29, 1.82) is 0 Å². The Kier molecular flexibility index (Phi) is 7.36. The number of nitrogens with zero attached hydrogens (tertiary/aromatic N) is 4. The minimum atomic E-state index is -0.331. The van der Waals surface area contributed by atoms with Gasteiger partial charge in [0.25, 0.3) is 0 Å². The molecule has 3 rings (SSSR count). The topological polar surface area (TPSA) is 63.1 Å². The third-order valence-corrected chi connectivity index (χ3v) is 5.74. The van der Waals surface area contributed by atoms with Crippen LogP contribution in [0.2, 0.25) is 10.0 Å². The van der Waals surface area contributed by atoms with Gasteiger partial charge in [-0.15, -0.1) is 10.2 Å². The van der Waals surface area contributed by atoms with E-state index in [0.29, 0.717) is 26.7 Å². The van der Waals surface area contributed by atoms with Gasteiger partial charge in [0, 0.05) is 21.4 Å². The number of anilines is 1. The second kappa shape index (κ2) is 9.78. The van der Waals surface area contributed by atoms with Crippen LogP contribution < -0.4 is 5.32 Å². The molecule has 1 aromatic heterocycles. The molecule has 6 nitrogen and oxygen atoms in total. The molecule has 1 N–H and O–H groups in total. The molecule has 10 heteroatoms. The van der Waals surface area contributed by atoms with E-state index >= 15 is 0 Å². The van der Waals surface area contributed by atoms with Crippen molar-refractivity contribution >= 4 is 46.6 Å². The van der Waals surface area contributed by atoms with Crippen LogP contribution in [0.3, 0.4) is 0 Å². The molecule has 0 aliphatic carbocycles. The summed E-state index contributed by atoms with van der Waals surface area (Å²) in [7, 11) is 3.87. The summed E-state index contributed by atoms with van der Waals surface area (Å²) in [6, 6.07) is 10.9. The normalized spacial score (nSPS) is 12.2. The first-order valence-electron chi connectivity index (χ1n) is 9.01. The zero-order chi connectivity index (χ0) is 21.8. The van der Waals surface area contributed by atoms with Gasteiger partial charge in [-0.1, -0.05) is 35.0 Å². The van der Waals surface area contributed by atoms with Crippen molar-refractivity contribution in [2.24, 2.45) is 0 Å². The molecule has 1 atom stereocenters. The Morgan fingerprint density at radius 2 is 1.80 bits per heavy atom. The van der Waals surface area contributed by atoms with E-state index in [0.717, 1.165) is 5.69 Å². The number of hydrogen-bond donors (Lipinski definition) is 1. The maximum Gasteiger partial charge on any atom is 0.234 e. The van der Waals surface area contributed by atoms with Crippen LogP contribution in [0.1, 0.15) is 18.8 Å². The van der Waals surface area contributed by atoms with Crippen molar-refractivity contribution in [1.82, 2.24) is 19.7 Å². The number of carbonyl (C=O) groups is 1. The minimum absolute atomic E-state index is 0.0423. The van der Waals surface area contributed by atoms with E-state index in [1.165, 1.54) is 23.9 Å². The number of thioether (sulfide) groups is 1. The Hall–Kier alpha value is -2.13. The summed E-state index contributed by atoms with van der Waals surface area (Å²) >= 11 is 13.2. The summed E-state index contributed by atoms with van der Waals surface area (Å²) in [5.41, 5.74) is 1.23. The van der Waals surface area contributed by atoms with Gasteiger partial charge in [-0.05, 0) is 63.5 Å². The van der Waals surface area contributed by atoms with Gasteiger partial charge < -0.3 is 5.32 Å². The molecule has 0 radical (unpaired) electrons. The van der Waals surface area contributed by atoms with E-state index in [2.05, 4.69) is 15.5 Å². The summed E-state index contributed by atoms with van der Waals surface area (Å²) in [5, 5.41) is 12.7. The Morgan fingerprint density at radius 1 is 1.17 bits per heavy atom. The van der Waals surface area contributed by atoms with Crippen molar-refractivity contribution < 1.29 is 9.18 Å². The summed E-state index contributed by atoms with van der Waals surface area (Å²) in [6.45, 7) is 1.99. The number of halogens is 3. The van der Waals surface area contributed by atoms with Crippen LogP contribution >= 0.6 is 35.0 Å². The summed E-state index contributed by atoms with van der Waals surface area (Å²) < 4.78 is 15.2. The highest BCUT2D eigenvalue weighted by molar-refractivity contribution is 7.99. The van der Waals surface area contributed by atoms with Crippen LogP contribution in [0, 0.1) is 5.82 Å². The number of carbonyl (C=O) groups excluding carboxylic acids is 1. The fourth-order valence-corrected chi connectivity index (χ4v) is 3.95. The molecule has 0 fully saturated rings. The molecule has 158 valence electrons. The number of nitrogens with one attached hydrogen (secondary N) is 1. The lowest BCUT2D eigenvalue weighted by molar-refractivity contribution is -0.113. The largest absolute Gasteiger partial charge is 0.325 e. The molecular weight excluding hydrogens is 448 g/mol. The average molecular weight is 468 g/mol. The first-order valence-corrected chi connectivity index (χ1v) is 10.7. The Labute approximate surface area is 188 Å². The van der Waals surface area contributed by atoms with Gasteiger partial charge >= 0.3 is 0 Å². The van der Waals surface area contributed by atoms with Gasteiger partial charge in [-0.25, -0.2) is 4.39 Å². The molecule has 0 spiro atoms. The van der Waals surface area contributed by atoms with Gasteiger partial charge in [0.05, 0.1) is 11.8 Å².